The molecule has 0 amide bonds. The van der Waals surface area contributed by atoms with Crippen LogP contribution in [0.3, 0.4) is 0 Å². The van der Waals surface area contributed by atoms with Crippen molar-refractivity contribution < 1.29 is 0 Å². The van der Waals surface area contributed by atoms with Gasteiger partial charge >= 0.3 is 0 Å². The van der Waals surface area contributed by atoms with Crippen LogP contribution in [-0.4, -0.2) is 25.8 Å². The number of pyridine rings is 1. The molecule has 0 bridgehead atoms. The van der Waals surface area contributed by atoms with E-state index in [1.165, 1.54) is 51.3 Å². The molecule has 1 N–H and O–H groups in total. The lowest BCUT2D eigenvalue weighted by atomic mass is 9.96. The lowest BCUT2D eigenvalue weighted by Gasteiger charge is -2.23. The Morgan fingerprint density at radius 1 is 1.10 bits per heavy atom. The van der Waals surface area contributed by atoms with Crippen molar-refractivity contribution in [2.24, 2.45) is 0 Å². The van der Waals surface area contributed by atoms with Gasteiger partial charge in [0.25, 0.3) is 0 Å². The summed E-state index contributed by atoms with van der Waals surface area (Å²) in [5, 5.41) is 7.83. The average molecular weight is 271 g/mol. The number of hydrogen-bond donors (Lipinski definition) is 1. The van der Waals surface area contributed by atoms with Crippen molar-refractivity contribution in [2.45, 2.75) is 51.0 Å². The van der Waals surface area contributed by atoms with Crippen LogP contribution >= 0.6 is 0 Å². The molecule has 2 aromatic rings. The van der Waals surface area contributed by atoms with Gasteiger partial charge < -0.3 is 5.32 Å². The highest BCUT2D eigenvalue weighted by Crippen LogP contribution is 2.23. The Morgan fingerprint density at radius 2 is 1.90 bits per heavy atom. The van der Waals surface area contributed by atoms with E-state index in [4.69, 9.17) is 0 Å². The van der Waals surface area contributed by atoms with Gasteiger partial charge in [0, 0.05) is 12.2 Å². The summed E-state index contributed by atoms with van der Waals surface area (Å²) in [4.78, 5) is 8.42. The molecule has 0 aliphatic heterocycles. The zero-order valence-corrected chi connectivity index (χ0v) is 11.7. The Labute approximate surface area is 119 Å². The molecule has 1 aliphatic rings. The van der Waals surface area contributed by atoms with Gasteiger partial charge in [-0.05, 0) is 25.0 Å². The van der Waals surface area contributed by atoms with Gasteiger partial charge in [0.2, 0.25) is 0 Å². The van der Waals surface area contributed by atoms with E-state index in [1.54, 1.807) is 17.2 Å². The highest BCUT2D eigenvalue weighted by atomic mass is 15.3. The fraction of sp³-hybridized carbons (Fsp3) is 0.533. The molecule has 0 saturated heterocycles. The quantitative estimate of drug-likeness (QED) is 0.931. The van der Waals surface area contributed by atoms with Crippen LogP contribution in [0.15, 0.2) is 31.0 Å². The molecule has 0 radical (unpaired) electrons. The van der Waals surface area contributed by atoms with Crippen LogP contribution in [-0.2, 0) is 0 Å². The van der Waals surface area contributed by atoms with Gasteiger partial charge in [-0.15, -0.1) is 0 Å². The van der Waals surface area contributed by atoms with Crippen LogP contribution < -0.4 is 5.32 Å². The highest BCUT2D eigenvalue weighted by molar-refractivity contribution is 5.56. The van der Waals surface area contributed by atoms with E-state index in [9.17, 15) is 0 Å². The first-order valence-electron chi connectivity index (χ1n) is 7.50. The third-order valence-corrected chi connectivity index (χ3v) is 3.89. The van der Waals surface area contributed by atoms with Gasteiger partial charge in [-0.3, -0.25) is 0 Å². The summed E-state index contributed by atoms with van der Waals surface area (Å²) < 4.78 is 1.71. The van der Waals surface area contributed by atoms with Gasteiger partial charge in [-0.25, -0.2) is 14.6 Å². The minimum Gasteiger partial charge on any atom is -0.379 e. The standard InChI is InChI=1S/C15H21N5/c1-2-4-7-13(8-5-3-1)19-14-9-6-10-17-15(14)20-12-16-11-18-20/h6,9-13,19H,1-5,7-8H2. The molecule has 0 spiro atoms. The second-order valence-electron chi connectivity index (χ2n) is 5.40. The largest absolute Gasteiger partial charge is 0.379 e. The van der Waals surface area contributed by atoms with Crippen molar-refractivity contribution >= 4 is 5.69 Å². The third-order valence-electron chi connectivity index (χ3n) is 3.89. The minimum absolute atomic E-state index is 0.543. The topological polar surface area (TPSA) is 55.6 Å². The van der Waals surface area contributed by atoms with Crippen molar-refractivity contribution in [3.63, 3.8) is 0 Å². The van der Waals surface area contributed by atoms with Crippen molar-refractivity contribution in [1.29, 1.82) is 0 Å². The number of nitrogens with one attached hydrogen (secondary N) is 1. The van der Waals surface area contributed by atoms with Crippen molar-refractivity contribution in [2.75, 3.05) is 5.32 Å². The molecule has 2 aromatic heterocycles. The molecule has 5 heteroatoms. The summed E-state index contributed by atoms with van der Waals surface area (Å²) in [6.45, 7) is 0. The maximum absolute atomic E-state index is 4.43. The monoisotopic (exact) mass is 271 g/mol. The predicted octanol–water partition coefficient (Wildman–Crippen LogP) is 3.19. The number of nitrogens with zero attached hydrogens (tertiary/aromatic N) is 4. The van der Waals surface area contributed by atoms with Gasteiger partial charge in [-0.2, -0.15) is 5.10 Å². The van der Waals surface area contributed by atoms with Crippen molar-refractivity contribution in [3.05, 3.63) is 31.0 Å². The van der Waals surface area contributed by atoms with E-state index in [1.807, 2.05) is 6.07 Å². The summed E-state index contributed by atoms with van der Waals surface area (Å²) in [5.74, 6) is 0.826. The van der Waals surface area contributed by atoms with Gasteiger partial charge in [0.1, 0.15) is 12.7 Å². The fourth-order valence-electron chi connectivity index (χ4n) is 2.83. The summed E-state index contributed by atoms with van der Waals surface area (Å²) >= 11 is 0. The van der Waals surface area contributed by atoms with Crippen LogP contribution in [0.1, 0.15) is 44.9 Å². The summed E-state index contributed by atoms with van der Waals surface area (Å²) in [7, 11) is 0. The smallest absolute Gasteiger partial charge is 0.178 e. The summed E-state index contributed by atoms with van der Waals surface area (Å²) in [6.07, 6.45) is 14.2. The first-order valence-corrected chi connectivity index (χ1v) is 7.50. The van der Waals surface area contributed by atoms with Crippen LogP contribution in [0.2, 0.25) is 0 Å². The first kappa shape index (κ1) is 13.1. The average Bonchev–Trinajstić information content (AvgIpc) is 2.96. The van der Waals surface area contributed by atoms with Gasteiger partial charge in [0.15, 0.2) is 5.82 Å². The third kappa shape index (κ3) is 3.15. The second kappa shape index (κ2) is 6.50. The fourth-order valence-corrected chi connectivity index (χ4v) is 2.83. The Hall–Kier alpha value is -1.91. The minimum atomic E-state index is 0.543. The Balaban J connectivity index is 1.76. The molecule has 0 atom stereocenters. The molecular formula is C15H21N5. The van der Waals surface area contributed by atoms with Crippen molar-refractivity contribution in [1.82, 2.24) is 19.7 Å². The lowest BCUT2D eigenvalue weighted by Crippen LogP contribution is -2.21. The van der Waals surface area contributed by atoms with Gasteiger partial charge in [-0.1, -0.05) is 32.1 Å². The highest BCUT2D eigenvalue weighted by Gasteiger charge is 2.14. The van der Waals surface area contributed by atoms with Crippen LogP contribution in [0, 0.1) is 0 Å². The zero-order valence-electron chi connectivity index (χ0n) is 11.7. The Bertz CT molecular complexity index is 515. The Kier molecular flexibility index (Phi) is 4.25. The molecule has 1 saturated carbocycles. The molecule has 3 rings (SSSR count). The van der Waals surface area contributed by atoms with E-state index in [-0.39, 0.29) is 0 Å². The SMILES string of the molecule is c1cnc(-n2cncn2)c(NC2CCCCCCC2)c1. The predicted molar refractivity (Wildman–Crippen MR) is 78.9 cm³/mol. The maximum Gasteiger partial charge on any atom is 0.178 e. The number of rotatable bonds is 3. The zero-order chi connectivity index (χ0) is 13.6. The number of aromatic nitrogens is 4. The first-order chi connectivity index (χ1) is 9.93. The molecule has 1 fully saturated rings. The number of anilines is 1. The molecule has 0 aromatic carbocycles. The van der Waals surface area contributed by atoms with E-state index in [0.29, 0.717) is 6.04 Å². The number of hydrogen-bond acceptors (Lipinski definition) is 4. The normalized spacial score (nSPS) is 17.4. The van der Waals surface area contributed by atoms with Crippen molar-refractivity contribution in [3.8, 4) is 5.82 Å². The molecule has 106 valence electrons. The van der Waals surface area contributed by atoms with E-state index in [2.05, 4.69) is 26.4 Å². The molecule has 2 heterocycles. The molecular weight excluding hydrogens is 250 g/mol. The summed E-state index contributed by atoms with van der Waals surface area (Å²) in [5.41, 5.74) is 1.04. The molecule has 20 heavy (non-hydrogen) atoms. The Morgan fingerprint density at radius 3 is 2.65 bits per heavy atom. The summed E-state index contributed by atoms with van der Waals surface area (Å²) in [6, 6.07) is 4.58. The molecule has 5 nitrogen and oxygen atoms in total. The molecule has 1 aliphatic carbocycles. The van der Waals surface area contributed by atoms with Crippen LogP contribution in [0.25, 0.3) is 5.82 Å². The van der Waals surface area contributed by atoms with Gasteiger partial charge in [0.05, 0.1) is 5.69 Å². The van der Waals surface area contributed by atoms with E-state index in [0.717, 1.165) is 11.5 Å². The maximum atomic E-state index is 4.43. The lowest BCUT2D eigenvalue weighted by molar-refractivity contribution is 0.471. The molecule has 0 unspecified atom stereocenters. The van der Waals surface area contributed by atoms with E-state index >= 15 is 0 Å². The van der Waals surface area contributed by atoms with Crippen LogP contribution in [0.4, 0.5) is 5.69 Å². The van der Waals surface area contributed by atoms with E-state index < -0.39 is 0 Å². The second-order valence-corrected chi connectivity index (χ2v) is 5.40. The van der Waals surface area contributed by atoms with Crippen LogP contribution in [0.5, 0.6) is 0 Å².